The van der Waals surface area contributed by atoms with Crippen LogP contribution in [0.1, 0.15) is 19.8 Å². The minimum Gasteiger partial charge on any atom is -0.355 e. The van der Waals surface area contributed by atoms with E-state index in [1.54, 1.807) is 17.0 Å². The van der Waals surface area contributed by atoms with Gasteiger partial charge in [-0.3, -0.25) is 9.59 Å². The van der Waals surface area contributed by atoms with E-state index in [0.29, 0.717) is 24.5 Å². The van der Waals surface area contributed by atoms with Gasteiger partial charge in [0.15, 0.2) is 0 Å². The smallest absolute Gasteiger partial charge is 0.239 e. The van der Waals surface area contributed by atoms with Crippen molar-refractivity contribution >= 4 is 29.1 Å². The number of halogens is 1. The number of rotatable bonds is 7. The average molecular weight is 393 g/mol. The van der Waals surface area contributed by atoms with Crippen LogP contribution < -0.4 is 10.2 Å². The van der Waals surface area contributed by atoms with Crippen molar-refractivity contribution in [1.82, 2.24) is 15.1 Å². The largest absolute Gasteiger partial charge is 0.355 e. The van der Waals surface area contributed by atoms with Gasteiger partial charge in [0.05, 0.1) is 0 Å². The molecule has 1 atom stereocenters. The summed E-state index contributed by atoms with van der Waals surface area (Å²) >= 11 is 5.90. The molecule has 2 aliphatic rings. The molecule has 0 unspecified atom stereocenters. The highest BCUT2D eigenvalue weighted by Gasteiger charge is 2.37. The fourth-order valence-electron chi connectivity index (χ4n) is 3.77. The number of carbonyl (C=O) groups excluding carboxylic acids is 2. The van der Waals surface area contributed by atoms with Gasteiger partial charge in [-0.15, -0.1) is 0 Å². The van der Waals surface area contributed by atoms with Crippen LogP contribution in [0.3, 0.4) is 0 Å². The molecule has 2 aliphatic heterocycles. The van der Waals surface area contributed by atoms with Crippen molar-refractivity contribution in [3.63, 3.8) is 0 Å². The normalized spacial score (nSPS) is 21.6. The highest BCUT2D eigenvalue weighted by molar-refractivity contribution is 6.30. The van der Waals surface area contributed by atoms with Gasteiger partial charge in [0.25, 0.3) is 0 Å². The van der Waals surface area contributed by atoms with E-state index in [9.17, 15) is 9.59 Å². The maximum absolute atomic E-state index is 12.6. The van der Waals surface area contributed by atoms with Crippen LogP contribution in [-0.4, -0.2) is 74.0 Å². The van der Waals surface area contributed by atoms with Gasteiger partial charge in [0, 0.05) is 50.0 Å². The van der Waals surface area contributed by atoms with E-state index in [1.165, 1.54) is 0 Å². The first-order valence-electron chi connectivity index (χ1n) is 9.88. The Labute approximate surface area is 166 Å². The molecule has 7 heteroatoms. The maximum atomic E-state index is 12.6. The molecule has 3 rings (SSSR count). The molecule has 2 amide bonds. The summed E-state index contributed by atoms with van der Waals surface area (Å²) in [5.74, 6) is -0.841. The Morgan fingerprint density at radius 2 is 1.78 bits per heavy atom. The van der Waals surface area contributed by atoms with Crippen molar-refractivity contribution in [3.05, 3.63) is 29.3 Å². The summed E-state index contributed by atoms with van der Waals surface area (Å²) in [6, 6.07) is 7.16. The molecule has 27 heavy (non-hydrogen) atoms. The Hall–Kier alpha value is -1.63. The van der Waals surface area contributed by atoms with Crippen LogP contribution in [0.4, 0.5) is 5.69 Å². The van der Waals surface area contributed by atoms with E-state index < -0.39 is 5.92 Å². The number of hydrogen-bond donors (Lipinski definition) is 1. The summed E-state index contributed by atoms with van der Waals surface area (Å²) in [5.41, 5.74) is 0.797. The summed E-state index contributed by atoms with van der Waals surface area (Å²) in [7, 11) is 0. The van der Waals surface area contributed by atoms with Crippen LogP contribution in [0, 0.1) is 5.92 Å². The molecule has 0 saturated carbocycles. The van der Waals surface area contributed by atoms with Gasteiger partial charge in [0.1, 0.15) is 5.92 Å². The SMILES string of the molecule is CCN1CCN(CCCNC(=O)[C@@H]2CCN(c3ccc(Cl)cc3)C2=O)CC1. The number of benzene rings is 1. The van der Waals surface area contributed by atoms with Crippen LogP contribution in [0.15, 0.2) is 24.3 Å². The summed E-state index contributed by atoms with van der Waals surface area (Å²) in [6.07, 6.45) is 1.48. The van der Waals surface area contributed by atoms with Gasteiger partial charge in [-0.05, 0) is 50.2 Å². The van der Waals surface area contributed by atoms with Gasteiger partial charge in [-0.2, -0.15) is 0 Å². The van der Waals surface area contributed by atoms with Crippen LogP contribution in [0.25, 0.3) is 0 Å². The second kappa shape index (κ2) is 9.53. The summed E-state index contributed by atoms with van der Waals surface area (Å²) in [4.78, 5) is 31.6. The number of carbonyl (C=O) groups is 2. The predicted octanol–water partition coefficient (Wildman–Crippen LogP) is 1.84. The number of amides is 2. The Kier molecular flexibility index (Phi) is 7.10. The van der Waals surface area contributed by atoms with Crippen LogP contribution in [0.5, 0.6) is 0 Å². The summed E-state index contributed by atoms with van der Waals surface area (Å²) in [5, 5.41) is 3.59. The molecule has 0 aromatic heterocycles. The molecule has 0 radical (unpaired) electrons. The second-order valence-electron chi connectivity index (χ2n) is 7.23. The lowest BCUT2D eigenvalue weighted by Gasteiger charge is -2.34. The zero-order valence-corrected chi connectivity index (χ0v) is 16.7. The van der Waals surface area contributed by atoms with Crippen molar-refractivity contribution in [2.75, 3.05) is 57.3 Å². The predicted molar refractivity (Wildman–Crippen MR) is 108 cm³/mol. The Morgan fingerprint density at radius 1 is 1.11 bits per heavy atom. The van der Waals surface area contributed by atoms with Gasteiger partial charge in [0.2, 0.25) is 11.8 Å². The number of nitrogens with one attached hydrogen (secondary N) is 1. The monoisotopic (exact) mass is 392 g/mol. The third-order valence-corrected chi connectivity index (χ3v) is 5.77. The molecule has 6 nitrogen and oxygen atoms in total. The topological polar surface area (TPSA) is 55.9 Å². The zero-order valence-electron chi connectivity index (χ0n) is 16.0. The Morgan fingerprint density at radius 3 is 2.44 bits per heavy atom. The molecule has 2 heterocycles. The highest BCUT2D eigenvalue weighted by Crippen LogP contribution is 2.26. The van der Waals surface area contributed by atoms with E-state index >= 15 is 0 Å². The minimum atomic E-state index is -0.575. The van der Waals surface area contributed by atoms with Crippen molar-refractivity contribution in [1.29, 1.82) is 0 Å². The lowest BCUT2D eigenvalue weighted by atomic mass is 10.1. The number of hydrogen-bond acceptors (Lipinski definition) is 4. The number of piperazine rings is 1. The molecule has 2 saturated heterocycles. The Balaban J connectivity index is 1.38. The molecular weight excluding hydrogens is 364 g/mol. The van der Waals surface area contributed by atoms with Gasteiger partial charge in [-0.1, -0.05) is 18.5 Å². The fourth-order valence-corrected chi connectivity index (χ4v) is 3.89. The molecule has 0 bridgehead atoms. The maximum Gasteiger partial charge on any atom is 0.239 e. The lowest BCUT2D eigenvalue weighted by molar-refractivity contribution is -0.132. The molecular formula is C20H29ClN4O2. The van der Waals surface area contributed by atoms with Crippen molar-refractivity contribution in [3.8, 4) is 0 Å². The first-order chi connectivity index (χ1) is 13.1. The average Bonchev–Trinajstić information content (AvgIpc) is 3.07. The fraction of sp³-hybridized carbons (Fsp3) is 0.600. The van der Waals surface area contributed by atoms with E-state index in [2.05, 4.69) is 22.0 Å². The molecule has 1 N–H and O–H groups in total. The minimum absolute atomic E-state index is 0.120. The lowest BCUT2D eigenvalue weighted by Crippen LogP contribution is -2.46. The molecule has 0 spiro atoms. The second-order valence-corrected chi connectivity index (χ2v) is 7.66. The van der Waals surface area contributed by atoms with Gasteiger partial charge < -0.3 is 20.0 Å². The van der Waals surface area contributed by atoms with Crippen LogP contribution >= 0.6 is 11.6 Å². The van der Waals surface area contributed by atoms with Gasteiger partial charge in [-0.25, -0.2) is 0 Å². The van der Waals surface area contributed by atoms with Crippen molar-refractivity contribution in [2.24, 2.45) is 5.92 Å². The first kappa shape index (κ1) is 20.1. The summed E-state index contributed by atoms with van der Waals surface area (Å²) in [6.45, 7) is 9.94. The van der Waals surface area contributed by atoms with Crippen molar-refractivity contribution in [2.45, 2.75) is 19.8 Å². The Bertz CT molecular complexity index is 644. The number of nitrogens with zero attached hydrogens (tertiary/aromatic N) is 3. The first-order valence-corrected chi connectivity index (χ1v) is 10.3. The van der Waals surface area contributed by atoms with E-state index in [0.717, 1.165) is 51.4 Å². The van der Waals surface area contributed by atoms with Gasteiger partial charge >= 0.3 is 0 Å². The molecule has 148 valence electrons. The van der Waals surface area contributed by atoms with Crippen LogP contribution in [0.2, 0.25) is 5.02 Å². The number of likely N-dealkylation sites (N-methyl/N-ethyl adjacent to an activating group) is 1. The third-order valence-electron chi connectivity index (χ3n) is 5.52. The van der Waals surface area contributed by atoms with E-state index in [4.69, 9.17) is 11.6 Å². The molecule has 2 fully saturated rings. The van der Waals surface area contributed by atoms with E-state index in [-0.39, 0.29) is 11.8 Å². The third kappa shape index (κ3) is 5.21. The molecule has 0 aliphatic carbocycles. The number of anilines is 1. The van der Waals surface area contributed by atoms with Crippen LogP contribution in [-0.2, 0) is 9.59 Å². The summed E-state index contributed by atoms with van der Waals surface area (Å²) < 4.78 is 0. The molecule has 1 aromatic carbocycles. The zero-order chi connectivity index (χ0) is 19.2. The molecule has 1 aromatic rings. The standard InChI is InChI=1S/C20H29ClN4O2/c1-2-23-12-14-24(15-13-23)10-3-9-22-19(26)18-8-11-25(20(18)27)17-6-4-16(21)5-7-17/h4-7,18H,2-3,8-15H2,1H3,(H,22,26)/t18-/m0/s1. The van der Waals surface area contributed by atoms with Crippen molar-refractivity contribution < 1.29 is 9.59 Å². The van der Waals surface area contributed by atoms with E-state index in [1.807, 2.05) is 12.1 Å². The quantitative estimate of drug-likeness (QED) is 0.568. The highest BCUT2D eigenvalue weighted by atomic mass is 35.5.